The molecule has 5 heteroatoms. The van der Waals surface area contributed by atoms with E-state index in [9.17, 15) is 9.59 Å². The number of carbonyl (C=O) groups excluding carboxylic acids is 1. The van der Waals surface area contributed by atoms with E-state index >= 15 is 0 Å². The molecule has 1 fully saturated rings. The lowest BCUT2D eigenvalue weighted by molar-refractivity contribution is -0.154. The van der Waals surface area contributed by atoms with Crippen LogP contribution in [0, 0.1) is 5.41 Å². The quantitative estimate of drug-likeness (QED) is 0.730. The van der Waals surface area contributed by atoms with E-state index in [0.717, 1.165) is 0 Å². The summed E-state index contributed by atoms with van der Waals surface area (Å²) in [5.41, 5.74) is -0.602. The van der Waals surface area contributed by atoms with Crippen molar-refractivity contribution in [2.75, 3.05) is 0 Å². The average Bonchev–Trinajstić information content (AvgIpc) is 2.37. The van der Waals surface area contributed by atoms with Gasteiger partial charge in [-0.25, -0.2) is 4.79 Å². The summed E-state index contributed by atoms with van der Waals surface area (Å²) in [5, 5.41) is 9.11. The van der Waals surface area contributed by atoms with Gasteiger partial charge in [0.2, 0.25) is 5.91 Å². The maximum Gasteiger partial charge on any atom is 0.329 e. The number of carboxylic acids is 1. The average molecular weight is 229 g/mol. The lowest BCUT2D eigenvalue weighted by Gasteiger charge is -2.30. The Morgan fingerprint density at radius 2 is 1.75 bits per heavy atom. The summed E-state index contributed by atoms with van der Waals surface area (Å²) in [6.07, 6.45) is -0.957. The molecule has 0 spiro atoms. The van der Waals surface area contributed by atoms with Crippen LogP contribution in [0.25, 0.3) is 0 Å². The first-order chi connectivity index (χ1) is 7.16. The number of ether oxygens (including phenoxy) is 1. The van der Waals surface area contributed by atoms with Crippen molar-refractivity contribution in [3.63, 3.8) is 0 Å². The standard InChI is InChI=1S/C11H19NO4/c1-6-8(9(13)14)12(7(2)16-6)10(15)11(3,4)5/h6-8H,1-5H3,(H,13,14)/t6-,7?,8+/m1/s1. The molecule has 0 aromatic rings. The predicted octanol–water partition coefficient (Wildman–Crippen LogP) is 1.08. The number of carboxylic acid groups (broad SMARTS) is 1. The van der Waals surface area contributed by atoms with E-state index in [4.69, 9.17) is 9.84 Å². The van der Waals surface area contributed by atoms with Gasteiger partial charge in [0.15, 0.2) is 6.04 Å². The molecule has 1 unspecified atom stereocenters. The maximum absolute atomic E-state index is 12.1. The molecule has 0 saturated carbocycles. The van der Waals surface area contributed by atoms with Crippen molar-refractivity contribution in [1.29, 1.82) is 0 Å². The minimum absolute atomic E-state index is 0.197. The molecule has 0 radical (unpaired) electrons. The molecule has 1 heterocycles. The monoisotopic (exact) mass is 229 g/mol. The van der Waals surface area contributed by atoms with Gasteiger partial charge in [0.1, 0.15) is 6.23 Å². The van der Waals surface area contributed by atoms with Gasteiger partial charge >= 0.3 is 5.97 Å². The van der Waals surface area contributed by atoms with Crippen LogP contribution in [-0.4, -0.2) is 40.3 Å². The molecular weight excluding hydrogens is 210 g/mol. The Kier molecular flexibility index (Phi) is 3.28. The molecule has 3 atom stereocenters. The number of carbonyl (C=O) groups is 2. The van der Waals surface area contributed by atoms with Crippen molar-refractivity contribution in [3.8, 4) is 0 Å². The van der Waals surface area contributed by atoms with Crippen LogP contribution < -0.4 is 0 Å². The summed E-state index contributed by atoms with van der Waals surface area (Å²) in [5.74, 6) is -1.22. The highest BCUT2D eigenvalue weighted by Gasteiger charge is 2.47. The molecule has 92 valence electrons. The zero-order chi connectivity index (χ0) is 12.7. The number of hydrogen-bond acceptors (Lipinski definition) is 3. The van der Waals surface area contributed by atoms with Gasteiger partial charge in [-0.05, 0) is 13.8 Å². The highest BCUT2D eigenvalue weighted by atomic mass is 16.5. The van der Waals surface area contributed by atoms with E-state index in [1.807, 2.05) is 0 Å². The second-order valence-corrected chi connectivity index (χ2v) is 5.19. The maximum atomic E-state index is 12.1. The topological polar surface area (TPSA) is 66.8 Å². The van der Waals surface area contributed by atoms with Gasteiger partial charge in [0.05, 0.1) is 6.10 Å². The Labute approximate surface area is 95.4 Å². The van der Waals surface area contributed by atoms with Crippen LogP contribution in [-0.2, 0) is 14.3 Å². The largest absolute Gasteiger partial charge is 0.480 e. The minimum Gasteiger partial charge on any atom is -0.480 e. The van der Waals surface area contributed by atoms with Crippen molar-refractivity contribution in [2.24, 2.45) is 5.41 Å². The Hall–Kier alpha value is -1.10. The molecule has 16 heavy (non-hydrogen) atoms. The third-order valence-electron chi connectivity index (χ3n) is 2.68. The minimum atomic E-state index is -1.02. The molecule has 1 N–H and O–H groups in total. The van der Waals surface area contributed by atoms with Crippen LogP contribution in [0.15, 0.2) is 0 Å². The summed E-state index contributed by atoms with van der Waals surface area (Å²) < 4.78 is 5.39. The van der Waals surface area contributed by atoms with Crippen molar-refractivity contribution in [1.82, 2.24) is 4.90 Å². The number of rotatable bonds is 1. The first kappa shape index (κ1) is 13.0. The zero-order valence-corrected chi connectivity index (χ0v) is 10.4. The second kappa shape index (κ2) is 4.05. The first-order valence-corrected chi connectivity index (χ1v) is 5.37. The fourth-order valence-corrected chi connectivity index (χ4v) is 1.90. The molecule has 0 aliphatic carbocycles. The summed E-state index contributed by atoms with van der Waals surface area (Å²) in [4.78, 5) is 24.6. The van der Waals surface area contributed by atoms with Crippen LogP contribution in [0.5, 0.6) is 0 Å². The molecule has 1 rings (SSSR count). The molecule has 5 nitrogen and oxygen atoms in total. The first-order valence-electron chi connectivity index (χ1n) is 5.37. The molecule has 1 saturated heterocycles. The fraction of sp³-hybridized carbons (Fsp3) is 0.818. The SMILES string of the molecule is CC1O[C@H](C)[C@@H](C(=O)O)N1C(=O)C(C)(C)C. The van der Waals surface area contributed by atoms with Gasteiger partial charge < -0.3 is 14.7 Å². The van der Waals surface area contributed by atoms with Crippen molar-refractivity contribution >= 4 is 11.9 Å². The Bertz CT molecular complexity index is 308. The lowest BCUT2D eigenvalue weighted by Crippen LogP contribution is -2.50. The van der Waals surface area contributed by atoms with Gasteiger partial charge in [-0.2, -0.15) is 0 Å². The van der Waals surface area contributed by atoms with E-state index in [0.29, 0.717) is 0 Å². The Morgan fingerprint density at radius 3 is 2.12 bits per heavy atom. The van der Waals surface area contributed by atoms with Crippen molar-refractivity contribution < 1.29 is 19.4 Å². The molecular formula is C11H19NO4. The lowest BCUT2D eigenvalue weighted by atomic mass is 9.93. The van der Waals surface area contributed by atoms with Crippen LogP contribution in [0.4, 0.5) is 0 Å². The van der Waals surface area contributed by atoms with E-state index < -0.39 is 29.8 Å². The summed E-state index contributed by atoms with van der Waals surface area (Å²) in [6.45, 7) is 8.67. The van der Waals surface area contributed by atoms with Gasteiger partial charge in [0, 0.05) is 5.41 Å². The van der Waals surface area contributed by atoms with Crippen molar-refractivity contribution in [2.45, 2.75) is 53.0 Å². The highest BCUT2D eigenvalue weighted by molar-refractivity contribution is 5.87. The Morgan fingerprint density at radius 1 is 1.25 bits per heavy atom. The fourth-order valence-electron chi connectivity index (χ4n) is 1.90. The summed E-state index contributed by atoms with van der Waals surface area (Å²) in [6, 6.07) is -0.887. The second-order valence-electron chi connectivity index (χ2n) is 5.19. The van der Waals surface area contributed by atoms with E-state index in [1.165, 1.54) is 4.90 Å². The molecule has 1 aliphatic rings. The molecule has 1 aliphatic heterocycles. The van der Waals surface area contributed by atoms with Crippen molar-refractivity contribution in [3.05, 3.63) is 0 Å². The number of amides is 1. The van der Waals surface area contributed by atoms with Crippen LogP contribution in [0.2, 0.25) is 0 Å². The van der Waals surface area contributed by atoms with Gasteiger partial charge in [-0.3, -0.25) is 4.79 Å². The molecule has 0 bridgehead atoms. The summed E-state index contributed by atoms with van der Waals surface area (Å²) >= 11 is 0. The third kappa shape index (κ3) is 2.19. The normalized spacial score (nSPS) is 30.6. The number of aliphatic carboxylic acids is 1. The molecule has 0 aromatic carbocycles. The summed E-state index contributed by atoms with van der Waals surface area (Å²) in [7, 11) is 0. The van der Waals surface area contributed by atoms with E-state index in [2.05, 4.69) is 0 Å². The van der Waals surface area contributed by atoms with E-state index in [-0.39, 0.29) is 5.91 Å². The Balaban J connectivity index is 3.01. The van der Waals surface area contributed by atoms with Gasteiger partial charge in [0.25, 0.3) is 0 Å². The van der Waals surface area contributed by atoms with Crippen LogP contribution in [0.3, 0.4) is 0 Å². The predicted molar refractivity (Wildman–Crippen MR) is 57.7 cm³/mol. The van der Waals surface area contributed by atoms with Crippen LogP contribution in [0.1, 0.15) is 34.6 Å². The molecule has 1 amide bonds. The van der Waals surface area contributed by atoms with Gasteiger partial charge in [-0.15, -0.1) is 0 Å². The van der Waals surface area contributed by atoms with Crippen LogP contribution >= 0.6 is 0 Å². The van der Waals surface area contributed by atoms with Gasteiger partial charge in [-0.1, -0.05) is 20.8 Å². The highest BCUT2D eigenvalue weighted by Crippen LogP contribution is 2.29. The molecule has 0 aromatic heterocycles. The smallest absolute Gasteiger partial charge is 0.329 e. The third-order valence-corrected chi connectivity index (χ3v) is 2.68. The van der Waals surface area contributed by atoms with E-state index in [1.54, 1.807) is 34.6 Å². The number of nitrogens with zero attached hydrogens (tertiary/aromatic N) is 1. The number of hydrogen-bond donors (Lipinski definition) is 1. The zero-order valence-electron chi connectivity index (χ0n) is 10.4.